The molecule has 0 bridgehead atoms. The molecular weight excluding hydrogens is 248 g/mol. The molecule has 2 aliphatic rings. The Balaban J connectivity index is 2.22. The first-order valence-corrected chi connectivity index (χ1v) is 7.63. The lowest BCUT2D eigenvalue weighted by atomic mass is 9.50. The summed E-state index contributed by atoms with van der Waals surface area (Å²) in [5, 5.41) is 10.1. The Hall–Kier alpha value is -1.31. The third-order valence-electron chi connectivity index (χ3n) is 5.87. The van der Waals surface area contributed by atoms with Crippen LogP contribution in [0.15, 0.2) is 12.1 Å². The third kappa shape index (κ3) is 1.73. The average molecular weight is 272 g/mol. The molecule has 1 unspecified atom stereocenters. The Morgan fingerprint density at radius 3 is 2.60 bits per heavy atom. The molecule has 0 radical (unpaired) electrons. The number of aryl methyl sites for hydroxylation is 1. The van der Waals surface area contributed by atoms with Crippen LogP contribution in [0.2, 0.25) is 0 Å². The number of phenolic OH excluding ortho intramolecular Hbond substituents is 1. The van der Waals surface area contributed by atoms with Gasteiger partial charge in [0.25, 0.3) is 0 Å². The molecular formula is C18H24O2. The number of phenols is 1. The van der Waals surface area contributed by atoms with Crippen LogP contribution in [0, 0.1) is 18.3 Å². The van der Waals surface area contributed by atoms with Gasteiger partial charge in [0, 0.05) is 12.0 Å². The molecule has 20 heavy (non-hydrogen) atoms. The van der Waals surface area contributed by atoms with Gasteiger partial charge in [-0.25, -0.2) is 0 Å². The van der Waals surface area contributed by atoms with Crippen molar-refractivity contribution in [2.24, 2.45) is 11.3 Å². The van der Waals surface area contributed by atoms with Crippen LogP contribution >= 0.6 is 0 Å². The lowest BCUT2D eigenvalue weighted by molar-refractivity contribution is 0.0367. The Kier molecular flexibility index (Phi) is 2.80. The highest BCUT2D eigenvalue weighted by molar-refractivity contribution is 6.00. The maximum atomic E-state index is 12.6. The fourth-order valence-corrected chi connectivity index (χ4v) is 4.64. The first-order valence-electron chi connectivity index (χ1n) is 7.63. The molecule has 0 aromatic heterocycles. The van der Waals surface area contributed by atoms with Gasteiger partial charge in [0.2, 0.25) is 0 Å². The summed E-state index contributed by atoms with van der Waals surface area (Å²) in [5.74, 6) is 0.952. The van der Waals surface area contributed by atoms with Gasteiger partial charge in [0.1, 0.15) is 5.75 Å². The standard InChI is InChI=1S/C18H24O2/c1-11-8-12-13(9-14(11)19)18(4)7-5-6-17(2,3)16(18)10-15(12)20/h8-9,16,19H,5-7,10H2,1-4H3/t16?,18-/m1/s1. The number of Topliss-reactive ketones (excluding diaryl/α,β-unsaturated/α-hetero) is 1. The number of rotatable bonds is 0. The largest absolute Gasteiger partial charge is 0.508 e. The minimum Gasteiger partial charge on any atom is -0.508 e. The summed E-state index contributed by atoms with van der Waals surface area (Å²) < 4.78 is 0. The monoisotopic (exact) mass is 272 g/mol. The summed E-state index contributed by atoms with van der Waals surface area (Å²) in [7, 11) is 0. The van der Waals surface area contributed by atoms with Crippen molar-refractivity contribution in [3.8, 4) is 5.75 Å². The lowest BCUT2D eigenvalue weighted by Gasteiger charge is -2.53. The highest BCUT2D eigenvalue weighted by Crippen LogP contribution is 2.57. The van der Waals surface area contributed by atoms with Crippen LogP contribution in [-0.2, 0) is 5.41 Å². The summed E-state index contributed by atoms with van der Waals surface area (Å²) in [6.07, 6.45) is 4.15. The molecule has 0 saturated heterocycles. The van der Waals surface area contributed by atoms with Crippen LogP contribution in [0.25, 0.3) is 0 Å². The molecule has 1 fully saturated rings. The highest BCUT2D eigenvalue weighted by atomic mass is 16.3. The maximum Gasteiger partial charge on any atom is 0.163 e. The summed E-state index contributed by atoms with van der Waals surface area (Å²) in [5.41, 5.74) is 2.94. The van der Waals surface area contributed by atoms with E-state index in [1.165, 1.54) is 12.8 Å². The van der Waals surface area contributed by atoms with E-state index in [1.807, 2.05) is 19.1 Å². The van der Waals surface area contributed by atoms with Crippen LogP contribution < -0.4 is 0 Å². The first kappa shape index (κ1) is 13.7. The molecule has 1 saturated carbocycles. The smallest absolute Gasteiger partial charge is 0.163 e. The van der Waals surface area contributed by atoms with Crippen molar-refractivity contribution in [2.45, 2.75) is 58.8 Å². The minimum atomic E-state index is 0.0240. The van der Waals surface area contributed by atoms with Gasteiger partial charge < -0.3 is 5.11 Å². The number of aromatic hydroxyl groups is 1. The number of hydrogen-bond donors (Lipinski definition) is 1. The number of benzene rings is 1. The van der Waals surface area contributed by atoms with E-state index in [-0.39, 0.29) is 16.6 Å². The van der Waals surface area contributed by atoms with Crippen LogP contribution in [0.5, 0.6) is 5.75 Å². The minimum absolute atomic E-state index is 0.0240. The zero-order chi connectivity index (χ0) is 14.7. The van der Waals surface area contributed by atoms with Crippen LogP contribution in [0.4, 0.5) is 0 Å². The zero-order valence-corrected chi connectivity index (χ0v) is 12.9. The van der Waals surface area contributed by atoms with Crippen molar-refractivity contribution in [3.05, 3.63) is 28.8 Å². The molecule has 1 N–H and O–H groups in total. The summed E-state index contributed by atoms with van der Waals surface area (Å²) in [6.45, 7) is 8.74. The van der Waals surface area contributed by atoms with Crippen LogP contribution in [-0.4, -0.2) is 10.9 Å². The van der Waals surface area contributed by atoms with Crippen molar-refractivity contribution in [3.63, 3.8) is 0 Å². The highest BCUT2D eigenvalue weighted by Gasteiger charge is 2.51. The van der Waals surface area contributed by atoms with Gasteiger partial charge in [0.15, 0.2) is 5.78 Å². The van der Waals surface area contributed by atoms with Crippen LogP contribution in [0.1, 0.15) is 67.9 Å². The fraction of sp³-hybridized carbons (Fsp3) is 0.611. The normalized spacial score (nSPS) is 31.6. The molecule has 1 aromatic rings. The number of ketones is 1. The van der Waals surface area contributed by atoms with Gasteiger partial charge in [-0.1, -0.05) is 27.2 Å². The average Bonchev–Trinajstić information content (AvgIpc) is 2.35. The molecule has 2 heteroatoms. The van der Waals surface area contributed by atoms with E-state index in [4.69, 9.17) is 0 Å². The van der Waals surface area contributed by atoms with Gasteiger partial charge in [0.05, 0.1) is 0 Å². The molecule has 1 aromatic carbocycles. The first-order chi connectivity index (χ1) is 9.25. The summed E-state index contributed by atoms with van der Waals surface area (Å²) in [4.78, 5) is 12.6. The predicted molar refractivity (Wildman–Crippen MR) is 80.3 cm³/mol. The molecule has 0 heterocycles. The molecule has 108 valence electrons. The quantitative estimate of drug-likeness (QED) is 0.761. The number of hydrogen-bond acceptors (Lipinski definition) is 2. The van der Waals surface area contributed by atoms with E-state index < -0.39 is 0 Å². The van der Waals surface area contributed by atoms with Gasteiger partial charge in [-0.2, -0.15) is 0 Å². The number of fused-ring (bicyclic) bond motifs is 3. The van der Waals surface area contributed by atoms with Gasteiger partial charge in [-0.3, -0.25) is 4.79 Å². The Labute approximate surface area is 121 Å². The second-order valence-electron chi connectivity index (χ2n) is 7.62. The van der Waals surface area contributed by atoms with E-state index in [0.29, 0.717) is 18.1 Å². The van der Waals surface area contributed by atoms with Crippen molar-refractivity contribution in [1.29, 1.82) is 0 Å². The molecule has 2 nitrogen and oxygen atoms in total. The van der Waals surface area contributed by atoms with E-state index >= 15 is 0 Å². The van der Waals surface area contributed by atoms with E-state index in [2.05, 4.69) is 20.8 Å². The number of carbonyl (C=O) groups excluding carboxylic acids is 1. The second-order valence-corrected chi connectivity index (χ2v) is 7.62. The molecule has 2 aliphatic carbocycles. The molecule has 2 atom stereocenters. The summed E-state index contributed by atoms with van der Waals surface area (Å²) in [6, 6.07) is 3.74. The molecule has 3 rings (SSSR count). The van der Waals surface area contributed by atoms with Crippen molar-refractivity contribution >= 4 is 5.78 Å². The summed E-state index contributed by atoms with van der Waals surface area (Å²) >= 11 is 0. The molecule has 0 amide bonds. The van der Waals surface area contributed by atoms with E-state index in [1.54, 1.807) is 0 Å². The van der Waals surface area contributed by atoms with Crippen molar-refractivity contribution in [1.82, 2.24) is 0 Å². The second kappa shape index (κ2) is 4.09. The zero-order valence-electron chi connectivity index (χ0n) is 12.9. The van der Waals surface area contributed by atoms with Gasteiger partial charge in [-0.05, 0) is 59.8 Å². The van der Waals surface area contributed by atoms with Crippen molar-refractivity contribution in [2.75, 3.05) is 0 Å². The van der Waals surface area contributed by atoms with E-state index in [9.17, 15) is 9.90 Å². The van der Waals surface area contributed by atoms with Gasteiger partial charge in [-0.15, -0.1) is 0 Å². The molecule has 0 aliphatic heterocycles. The van der Waals surface area contributed by atoms with E-state index in [0.717, 1.165) is 23.1 Å². The fourth-order valence-electron chi connectivity index (χ4n) is 4.64. The SMILES string of the molecule is Cc1cc2c(cc1O)[C@@]1(C)CCCC(C)(C)C1CC2=O. The number of carbonyl (C=O) groups is 1. The molecule has 0 spiro atoms. The lowest BCUT2D eigenvalue weighted by Crippen LogP contribution is -2.49. The Bertz CT molecular complexity index is 585. The third-order valence-corrected chi connectivity index (χ3v) is 5.87. The van der Waals surface area contributed by atoms with Crippen molar-refractivity contribution < 1.29 is 9.90 Å². The topological polar surface area (TPSA) is 37.3 Å². The van der Waals surface area contributed by atoms with Gasteiger partial charge >= 0.3 is 0 Å². The Morgan fingerprint density at radius 1 is 1.20 bits per heavy atom. The Morgan fingerprint density at radius 2 is 1.90 bits per heavy atom. The predicted octanol–water partition coefficient (Wildman–Crippen LogP) is 4.37. The maximum absolute atomic E-state index is 12.6. The van der Waals surface area contributed by atoms with Crippen LogP contribution in [0.3, 0.4) is 0 Å².